The summed E-state index contributed by atoms with van der Waals surface area (Å²) in [5.74, 6) is -0.199. The molecule has 0 bridgehead atoms. The predicted molar refractivity (Wildman–Crippen MR) is 96.7 cm³/mol. The third-order valence-corrected chi connectivity index (χ3v) is 4.69. The average Bonchev–Trinajstić information content (AvgIpc) is 2.63. The highest BCUT2D eigenvalue weighted by molar-refractivity contribution is 6.34. The number of hydrogen-bond acceptors (Lipinski definition) is 3. The van der Waals surface area contributed by atoms with Crippen molar-refractivity contribution < 1.29 is 9.53 Å². The van der Waals surface area contributed by atoms with E-state index in [1.807, 2.05) is 12.1 Å². The molecule has 1 heterocycles. The maximum absolute atomic E-state index is 12.3. The Labute approximate surface area is 147 Å². The lowest BCUT2D eigenvalue weighted by Crippen LogP contribution is -2.37. The minimum absolute atomic E-state index is 0.199. The van der Waals surface area contributed by atoms with Gasteiger partial charge in [-0.2, -0.15) is 0 Å². The van der Waals surface area contributed by atoms with Crippen LogP contribution in [0, 0.1) is 0 Å². The largest absolute Gasteiger partial charge is 0.379 e. The van der Waals surface area contributed by atoms with E-state index in [-0.39, 0.29) is 5.91 Å². The first kappa shape index (κ1) is 17.0. The fraction of sp³-hybridized carbons (Fsp3) is 0.316. The molecule has 24 heavy (non-hydrogen) atoms. The first-order chi connectivity index (χ1) is 11.6. The van der Waals surface area contributed by atoms with Crippen molar-refractivity contribution in [1.82, 2.24) is 4.90 Å². The van der Waals surface area contributed by atoms with Crippen LogP contribution < -0.4 is 5.32 Å². The van der Waals surface area contributed by atoms with Gasteiger partial charge < -0.3 is 10.1 Å². The van der Waals surface area contributed by atoms with Crippen molar-refractivity contribution >= 4 is 23.2 Å². The average molecular weight is 345 g/mol. The van der Waals surface area contributed by atoms with E-state index in [9.17, 15) is 4.79 Å². The van der Waals surface area contributed by atoms with E-state index in [1.165, 1.54) is 5.56 Å². The van der Waals surface area contributed by atoms with Gasteiger partial charge in [-0.15, -0.1) is 0 Å². The minimum Gasteiger partial charge on any atom is -0.379 e. The summed E-state index contributed by atoms with van der Waals surface area (Å²) in [4.78, 5) is 14.7. The maximum Gasteiger partial charge on any atom is 0.257 e. The van der Waals surface area contributed by atoms with E-state index in [1.54, 1.807) is 24.3 Å². The number of amides is 1. The fourth-order valence-electron chi connectivity index (χ4n) is 2.86. The van der Waals surface area contributed by atoms with Gasteiger partial charge in [-0.05, 0) is 36.8 Å². The summed E-state index contributed by atoms with van der Waals surface area (Å²) in [6, 6.07) is 15.3. The van der Waals surface area contributed by atoms with Gasteiger partial charge in [0.2, 0.25) is 0 Å². The van der Waals surface area contributed by atoms with E-state index < -0.39 is 0 Å². The lowest BCUT2D eigenvalue weighted by molar-refractivity contribution is 0.0198. The van der Waals surface area contributed by atoms with Crippen molar-refractivity contribution in [2.75, 3.05) is 31.6 Å². The molecule has 1 N–H and O–H groups in total. The molecule has 1 aliphatic heterocycles. The van der Waals surface area contributed by atoms with Gasteiger partial charge in [0.05, 0.1) is 23.8 Å². The second-order valence-electron chi connectivity index (χ2n) is 5.88. The number of nitrogens with one attached hydrogen (secondary N) is 1. The third-order valence-electron chi connectivity index (χ3n) is 4.36. The molecule has 1 amide bonds. The topological polar surface area (TPSA) is 41.6 Å². The molecule has 2 aromatic rings. The third kappa shape index (κ3) is 3.96. The highest BCUT2D eigenvalue weighted by Gasteiger charge is 2.18. The fourth-order valence-corrected chi connectivity index (χ4v) is 3.09. The number of carbonyl (C=O) groups is 1. The zero-order valence-corrected chi connectivity index (χ0v) is 14.4. The number of rotatable bonds is 4. The van der Waals surface area contributed by atoms with Crippen LogP contribution >= 0.6 is 11.6 Å². The Morgan fingerprint density at radius 2 is 1.79 bits per heavy atom. The summed E-state index contributed by atoms with van der Waals surface area (Å²) >= 11 is 6.06. The zero-order valence-electron chi connectivity index (χ0n) is 13.7. The zero-order chi connectivity index (χ0) is 16.9. The van der Waals surface area contributed by atoms with Crippen LogP contribution in [0.1, 0.15) is 28.9 Å². The van der Waals surface area contributed by atoms with Gasteiger partial charge >= 0.3 is 0 Å². The molecule has 4 nitrogen and oxygen atoms in total. The summed E-state index contributed by atoms with van der Waals surface area (Å²) < 4.78 is 5.40. The smallest absolute Gasteiger partial charge is 0.257 e. The normalized spacial score (nSPS) is 16.6. The van der Waals surface area contributed by atoms with Gasteiger partial charge in [0.1, 0.15) is 0 Å². The van der Waals surface area contributed by atoms with Gasteiger partial charge in [-0.1, -0.05) is 35.9 Å². The molecule has 0 aliphatic carbocycles. The molecule has 126 valence electrons. The van der Waals surface area contributed by atoms with Crippen LogP contribution in [0.3, 0.4) is 0 Å². The van der Waals surface area contributed by atoms with Crippen molar-refractivity contribution in [2.45, 2.75) is 13.0 Å². The van der Waals surface area contributed by atoms with E-state index in [4.69, 9.17) is 16.3 Å². The molecule has 1 atom stereocenters. The van der Waals surface area contributed by atoms with Crippen LogP contribution in [0.2, 0.25) is 5.02 Å². The lowest BCUT2D eigenvalue weighted by Gasteiger charge is -2.32. The van der Waals surface area contributed by atoms with Crippen molar-refractivity contribution in [3.63, 3.8) is 0 Å². The number of benzene rings is 2. The van der Waals surface area contributed by atoms with E-state index in [0.717, 1.165) is 32.0 Å². The van der Waals surface area contributed by atoms with Gasteiger partial charge in [0.25, 0.3) is 5.91 Å². The predicted octanol–water partition coefficient (Wildman–Crippen LogP) is 3.99. The molecule has 1 saturated heterocycles. The molecule has 3 rings (SSSR count). The summed E-state index contributed by atoms with van der Waals surface area (Å²) in [7, 11) is 0. The molecule has 0 saturated carbocycles. The first-order valence-corrected chi connectivity index (χ1v) is 8.50. The summed E-state index contributed by atoms with van der Waals surface area (Å²) in [5.41, 5.74) is 2.47. The molecule has 1 fully saturated rings. The highest BCUT2D eigenvalue weighted by Crippen LogP contribution is 2.23. The number of anilines is 1. The lowest BCUT2D eigenvalue weighted by atomic mass is 10.1. The molecule has 2 aromatic carbocycles. The summed E-state index contributed by atoms with van der Waals surface area (Å²) in [6.45, 7) is 5.67. The SMILES string of the molecule is C[C@@H](c1ccc(NC(=O)c2ccccc2Cl)cc1)N1CCOCC1. The number of morpholine rings is 1. The van der Waals surface area contributed by atoms with Crippen molar-refractivity contribution in [3.05, 3.63) is 64.7 Å². The molecule has 1 aliphatic rings. The van der Waals surface area contributed by atoms with Gasteiger partial charge in [0, 0.05) is 24.8 Å². The quantitative estimate of drug-likeness (QED) is 0.912. The highest BCUT2D eigenvalue weighted by atomic mass is 35.5. The van der Waals surface area contributed by atoms with Crippen molar-refractivity contribution in [2.24, 2.45) is 0 Å². The van der Waals surface area contributed by atoms with E-state index >= 15 is 0 Å². The van der Waals surface area contributed by atoms with Crippen molar-refractivity contribution in [1.29, 1.82) is 0 Å². The van der Waals surface area contributed by atoms with Gasteiger partial charge in [-0.3, -0.25) is 9.69 Å². The van der Waals surface area contributed by atoms with Crippen molar-refractivity contribution in [3.8, 4) is 0 Å². The van der Waals surface area contributed by atoms with Crippen LogP contribution in [-0.2, 0) is 4.74 Å². The molecular weight excluding hydrogens is 324 g/mol. The number of nitrogens with zero attached hydrogens (tertiary/aromatic N) is 1. The van der Waals surface area contributed by atoms with E-state index in [2.05, 4.69) is 29.3 Å². The molecule has 5 heteroatoms. The number of halogens is 1. The Balaban J connectivity index is 1.66. The van der Waals surface area contributed by atoms with Crippen LogP contribution in [0.5, 0.6) is 0 Å². The van der Waals surface area contributed by atoms with Crippen LogP contribution in [0.25, 0.3) is 0 Å². The first-order valence-electron chi connectivity index (χ1n) is 8.13. The molecule has 0 spiro atoms. The second kappa shape index (κ2) is 7.79. The maximum atomic E-state index is 12.3. The number of carbonyl (C=O) groups excluding carboxylic acids is 1. The Morgan fingerprint density at radius 1 is 1.12 bits per heavy atom. The second-order valence-corrected chi connectivity index (χ2v) is 6.29. The summed E-state index contributed by atoms with van der Waals surface area (Å²) in [5, 5.41) is 3.34. The van der Waals surface area contributed by atoms with Crippen LogP contribution in [0.4, 0.5) is 5.69 Å². The van der Waals surface area contributed by atoms with Crippen LogP contribution in [0.15, 0.2) is 48.5 Å². The van der Waals surface area contributed by atoms with Crippen LogP contribution in [-0.4, -0.2) is 37.1 Å². The molecule has 0 aromatic heterocycles. The van der Waals surface area contributed by atoms with Gasteiger partial charge in [-0.25, -0.2) is 0 Å². The standard InChI is InChI=1S/C19H21ClN2O2/c1-14(22-10-12-24-13-11-22)15-6-8-16(9-7-15)21-19(23)17-4-2-3-5-18(17)20/h2-9,14H,10-13H2,1H3,(H,21,23)/t14-/m0/s1. The molecule has 0 unspecified atom stereocenters. The Bertz CT molecular complexity index is 697. The van der Waals surface area contributed by atoms with Gasteiger partial charge in [0.15, 0.2) is 0 Å². The Hall–Kier alpha value is -1.88. The number of hydrogen-bond donors (Lipinski definition) is 1. The van der Waals surface area contributed by atoms with E-state index in [0.29, 0.717) is 16.6 Å². The Kier molecular flexibility index (Phi) is 5.51. The monoisotopic (exact) mass is 344 g/mol. The molecular formula is C19H21ClN2O2. The Morgan fingerprint density at radius 3 is 2.46 bits per heavy atom. The number of ether oxygens (including phenoxy) is 1. The molecule has 0 radical (unpaired) electrons. The summed E-state index contributed by atoms with van der Waals surface area (Å²) in [6.07, 6.45) is 0. The minimum atomic E-state index is -0.199.